The molecule has 1 rings (SSSR count). The van der Waals surface area contributed by atoms with Crippen molar-refractivity contribution in [1.82, 2.24) is 0 Å². The molecule has 1 aromatic rings. The second-order valence-corrected chi connectivity index (χ2v) is 7.41. The molecule has 0 spiro atoms. The van der Waals surface area contributed by atoms with Gasteiger partial charge in [-0.25, -0.2) is 14.4 Å². The number of carbonyl (C=O) groups is 4. The Morgan fingerprint density at radius 1 is 0.939 bits per heavy atom. The quantitative estimate of drug-likeness (QED) is 0.291. The van der Waals surface area contributed by atoms with Gasteiger partial charge in [-0.15, -0.1) is 0 Å². The Balaban J connectivity index is 3.20. The lowest BCUT2D eigenvalue weighted by molar-refractivity contribution is -0.139. The highest BCUT2D eigenvalue weighted by atomic mass is 16.7. The Hall–Kier alpha value is -3.54. The largest absolute Gasteiger partial charge is 0.513 e. The monoisotopic (exact) mass is 471 g/mol. The summed E-state index contributed by atoms with van der Waals surface area (Å²) in [6.45, 7) is 5.44. The predicted octanol–water partition coefficient (Wildman–Crippen LogP) is 3.06. The van der Waals surface area contributed by atoms with E-state index in [0.717, 1.165) is 14.2 Å². The van der Waals surface area contributed by atoms with Crippen molar-refractivity contribution in [1.29, 1.82) is 0 Å². The third kappa shape index (κ3) is 9.23. The van der Waals surface area contributed by atoms with Gasteiger partial charge in [-0.1, -0.05) is 19.9 Å². The second-order valence-electron chi connectivity index (χ2n) is 7.41. The first-order valence-corrected chi connectivity index (χ1v) is 9.95. The van der Waals surface area contributed by atoms with Crippen LogP contribution in [0.1, 0.15) is 38.7 Å². The zero-order valence-electron chi connectivity index (χ0n) is 19.1. The van der Waals surface area contributed by atoms with Crippen molar-refractivity contribution in [2.24, 2.45) is 11.7 Å². The molecular weight excluding hydrogens is 442 g/mol. The smallest absolute Gasteiger partial charge is 0.480 e. The topological polar surface area (TPSA) is 170 Å². The van der Waals surface area contributed by atoms with Crippen LogP contribution >= 0.6 is 0 Å². The number of nitrogens with two attached hydrogens (primary N) is 1. The summed E-state index contributed by atoms with van der Waals surface area (Å²) in [6.07, 6.45) is -3.84. The highest BCUT2D eigenvalue weighted by Crippen LogP contribution is 2.35. The fourth-order valence-corrected chi connectivity index (χ4v) is 2.68. The number of ether oxygens (including phenoxy) is 6. The number of aliphatic carboxylic acids is 1. The summed E-state index contributed by atoms with van der Waals surface area (Å²) in [5.74, 6) is -2.50. The number of methoxy groups -OCH3 is 2. The summed E-state index contributed by atoms with van der Waals surface area (Å²) in [5.41, 5.74) is 6.19. The van der Waals surface area contributed by atoms with Gasteiger partial charge >= 0.3 is 24.4 Å². The zero-order chi connectivity index (χ0) is 25.1. The average Bonchev–Trinajstić information content (AvgIpc) is 2.76. The van der Waals surface area contributed by atoms with Gasteiger partial charge in [0.15, 0.2) is 11.5 Å². The highest BCUT2D eigenvalue weighted by molar-refractivity contribution is 5.75. The molecular formula is C21H29NO11. The Morgan fingerprint density at radius 2 is 1.52 bits per heavy atom. The first kappa shape index (κ1) is 27.5. The summed E-state index contributed by atoms with van der Waals surface area (Å²) in [7, 11) is 2.17. The SMILES string of the molecule is COC(=O)Oc1ccc(C(CC(C)OC(=O)OCC(C)C)[C@H](N)C(=O)O)cc1OC(=O)OC. The molecule has 3 N–H and O–H groups in total. The molecule has 1 aromatic carbocycles. The minimum atomic E-state index is -1.40. The molecule has 0 aliphatic carbocycles. The van der Waals surface area contributed by atoms with Crippen molar-refractivity contribution < 1.29 is 52.7 Å². The van der Waals surface area contributed by atoms with E-state index in [1.54, 1.807) is 6.92 Å². The minimum Gasteiger partial charge on any atom is -0.480 e. The molecule has 12 nitrogen and oxygen atoms in total. The standard InChI is InChI=1S/C21H29NO11/c1-11(2)10-30-21(27)31-12(3)8-14(17(22)18(23)24)13-6-7-15(32-19(25)28-4)16(9-13)33-20(26)29-5/h6-7,9,11-12,14,17H,8,10,22H2,1-5H3,(H,23,24)/t12?,14?,17-/m0/s1. The van der Waals surface area contributed by atoms with E-state index in [2.05, 4.69) is 9.47 Å². The van der Waals surface area contributed by atoms with E-state index in [1.807, 2.05) is 13.8 Å². The Morgan fingerprint density at radius 3 is 2.03 bits per heavy atom. The third-order valence-corrected chi connectivity index (χ3v) is 4.25. The van der Waals surface area contributed by atoms with Crippen molar-refractivity contribution >= 4 is 24.4 Å². The van der Waals surface area contributed by atoms with Crippen LogP contribution in [-0.4, -0.2) is 62.5 Å². The van der Waals surface area contributed by atoms with Crippen molar-refractivity contribution in [3.05, 3.63) is 23.8 Å². The van der Waals surface area contributed by atoms with Gasteiger partial charge in [0, 0.05) is 5.92 Å². The lowest BCUT2D eigenvalue weighted by Gasteiger charge is -2.25. The predicted molar refractivity (Wildman–Crippen MR) is 112 cm³/mol. The van der Waals surface area contributed by atoms with Gasteiger partial charge in [-0.3, -0.25) is 4.79 Å². The van der Waals surface area contributed by atoms with E-state index >= 15 is 0 Å². The van der Waals surface area contributed by atoms with Crippen LogP contribution in [0.2, 0.25) is 0 Å². The van der Waals surface area contributed by atoms with Crippen LogP contribution in [0.25, 0.3) is 0 Å². The third-order valence-electron chi connectivity index (χ3n) is 4.25. The molecule has 0 aromatic heterocycles. The summed E-state index contributed by atoms with van der Waals surface area (Å²) < 4.78 is 29.0. The lowest BCUT2D eigenvalue weighted by Crippen LogP contribution is -2.38. The molecule has 3 atom stereocenters. The van der Waals surface area contributed by atoms with Crippen molar-refractivity contribution in [3.63, 3.8) is 0 Å². The number of hydrogen-bond acceptors (Lipinski definition) is 11. The Bertz CT molecular complexity index is 839. The molecule has 0 amide bonds. The van der Waals surface area contributed by atoms with E-state index < -0.39 is 42.5 Å². The van der Waals surface area contributed by atoms with Crippen molar-refractivity contribution in [2.45, 2.75) is 45.3 Å². The van der Waals surface area contributed by atoms with Crippen LogP contribution < -0.4 is 15.2 Å². The number of rotatable bonds is 10. The number of carbonyl (C=O) groups excluding carboxylic acids is 3. The summed E-state index contributed by atoms with van der Waals surface area (Å²) >= 11 is 0. The maximum absolute atomic E-state index is 11.8. The van der Waals surface area contributed by atoms with Crippen LogP contribution in [0.4, 0.5) is 14.4 Å². The molecule has 0 saturated carbocycles. The summed E-state index contributed by atoms with van der Waals surface area (Å²) in [5, 5.41) is 9.46. The van der Waals surface area contributed by atoms with Crippen LogP contribution in [0.3, 0.4) is 0 Å². The van der Waals surface area contributed by atoms with Crippen LogP contribution in [-0.2, 0) is 23.7 Å². The molecule has 0 saturated heterocycles. The van der Waals surface area contributed by atoms with E-state index in [9.17, 15) is 24.3 Å². The Kier molecular flexibility index (Phi) is 10.9. The van der Waals surface area contributed by atoms with Crippen molar-refractivity contribution in [3.8, 4) is 11.5 Å². The first-order valence-electron chi connectivity index (χ1n) is 9.95. The maximum atomic E-state index is 11.8. The van der Waals surface area contributed by atoms with Gasteiger partial charge < -0.3 is 39.3 Å². The number of benzene rings is 1. The highest BCUT2D eigenvalue weighted by Gasteiger charge is 2.30. The van der Waals surface area contributed by atoms with Gasteiger partial charge in [-0.05, 0) is 37.0 Å². The molecule has 33 heavy (non-hydrogen) atoms. The fourth-order valence-electron chi connectivity index (χ4n) is 2.68. The van der Waals surface area contributed by atoms with Crippen molar-refractivity contribution in [2.75, 3.05) is 20.8 Å². The molecule has 184 valence electrons. The number of carboxylic acid groups (broad SMARTS) is 1. The molecule has 0 aliphatic rings. The van der Waals surface area contributed by atoms with Crippen LogP contribution in [0.15, 0.2) is 18.2 Å². The van der Waals surface area contributed by atoms with E-state index in [-0.39, 0.29) is 30.4 Å². The molecule has 0 aliphatic heterocycles. The molecule has 0 bridgehead atoms. The molecule has 2 unspecified atom stereocenters. The van der Waals surface area contributed by atoms with Gasteiger partial charge in [0.2, 0.25) is 0 Å². The van der Waals surface area contributed by atoms with Gasteiger partial charge in [0.05, 0.1) is 20.8 Å². The normalized spacial score (nSPS) is 13.3. The minimum absolute atomic E-state index is 0.000878. The maximum Gasteiger partial charge on any atom is 0.513 e. The molecule has 12 heteroatoms. The number of hydrogen-bond donors (Lipinski definition) is 2. The van der Waals surface area contributed by atoms with Gasteiger partial charge in [0.25, 0.3) is 0 Å². The summed E-state index contributed by atoms with van der Waals surface area (Å²) in [4.78, 5) is 46.5. The fraction of sp³-hybridized carbons (Fsp3) is 0.524. The van der Waals surface area contributed by atoms with Gasteiger partial charge in [-0.2, -0.15) is 0 Å². The van der Waals surface area contributed by atoms with Crippen LogP contribution in [0.5, 0.6) is 11.5 Å². The molecule has 0 fully saturated rings. The summed E-state index contributed by atoms with van der Waals surface area (Å²) in [6, 6.07) is 2.57. The molecule has 0 heterocycles. The average molecular weight is 471 g/mol. The zero-order valence-corrected chi connectivity index (χ0v) is 19.1. The number of carboxylic acids is 1. The van der Waals surface area contributed by atoms with Crippen LogP contribution in [0, 0.1) is 5.92 Å². The Labute approximate surface area is 190 Å². The lowest BCUT2D eigenvalue weighted by atomic mass is 9.87. The van der Waals surface area contributed by atoms with Gasteiger partial charge in [0.1, 0.15) is 12.1 Å². The van der Waals surface area contributed by atoms with E-state index in [1.165, 1.54) is 18.2 Å². The van der Waals surface area contributed by atoms with E-state index in [4.69, 9.17) is 24.7 Å². The second kappa shape index (κ2) is 13.1. The molecule has 0 radical (unpaired) electrons. The van der Waals surface area contributed by atoms with E-state index in [0.29, 0.717) is 5.56 Å². The first-order chi connectivity index (χ1) is 15.5.